The molecule has 4 aromatic rings. The Morgan fingerprint density at radius 1 is 0.930 bits per heavy atom. The molecule has 0 unspecified atom stereocenters. The number of hydrogen-bond acceptors (Lipinski definition) is 9. The normalized spacial score (nSPS) is 14.1. The number of thioether (sulfide) groups is 1. The fourth-order valence-electron chi connectivity index (χ4n) is 5.08. The maximum atomic E-state index is 13.9. The number of benzene rings is 3. The Labute approximate surface area is 255 Å². The topological polar surface area (TPSA) is 109 Å². The minimum absolute atomic E-state index is 0.292. The van der Waals surface area contributed by atoms with Crippen LogP contribution in [0.15, 0.2) is 71.0 Å². The molecule has 0 spiro atoms. The second-order valence-corrected chi connectivity index (χ2v) is 11.0. The van der Waals surface area contributed by atoms with Gasteiger partial charge >= 0.3 is 0 Å². The molecule has 5 rings (SSSR count). The maximum Gasteiger partial charge on any atom is 0.255 e. The first-order valence-electron chi connectivity index (χ1n) is 13.6. The highest BCUT2D eigenvalue weighted by atomic mass is 32.2. The van der Waals surface area contributed by atoms with Gasteiger partial charge in [-0.1, -0.05) is 35.5 Å². The van der Waals surface area contributed by atoms with E-state index in [1.54, 1.807) is 57.4 Å². The van der Waals surface area contributed by atoms with Crippen molar-refractivity contribution in [2.24, 2.45) is 0 Å². The molecular formula is C32H35N5O5S. The lowest BCUT2D eigenvalue weighted by Crippen LogP contribution is -2.31. The van der Waals surface area contributed by atoms with E-state index in [-0.39, 0.29) is 5.91 Å². The lowest BCUT2D eigenvalue weighted by Gasteiger charge is -2.29. The number of hydrogen-bond donors (Lipinski definition) is 2. The van der Waals surface area contributed by atoms with Gasteiger partial charge in [-0.25, -0.2) is 4.68 Å². The fourth-order valence-corrected chi connectivity index (χ4v) is 5.98. The summed E-state index contributed by atoms with van der Waals surface area (Å²) >= 11 is 1.54. The Morgan fingerprint density at radius 3 is 2.23 bits per heavy atom. The molecule has 11 heteroatoms. The molecule has 0 radical (unpaired) electrons. The van der Waals surface area contributed by atoms with Crippen LogP contribution in [0.25, 0.3) is 0 Å². The Bertz CT molecular complexity index is 1660. The number of aryl methyl sites for hydroxylation is 2. The molecule has 1 aromatic heterocycles. The number of carbonyl (C=O) groups is 1. The molecule has 10 nitrogen and oxygen atoms in total. The lowest BCUT2D eigenvalue weighted by molar-refractivity contribution is -0.113. The molecular weight excluding hydrogens is 566 g/mol. The van der Waals surface area contributed by atoms with Crippen LogP contribution >= 0.6 is 11.8 Å². The largest absolute Gasteiger partial charge is 0.497 e. The van der Waals surface area contributed by atoms with Crippen LogP contribution < -0.4 is 29.6 Å². The number of nitrogens with zero attached hydrogens (tertiary/aromatic N) is 3. The van der Waals surface area contributed by atoms with Crippen molar-refractivity contribution in [2.45, 2.75) is 37.7 Å². The summed E-state index contributed by atoms with van der Waals surface area (Å²) in [4.78, 5) is 18.7. The van der Waals surface area contributed by atoms with Gasteiger partial charge in [0.2, 0.25) is 16.9 Å². The van der Waals surface area contributed by atoms with E-state index in [2.05, 4.69) is 42.7 Å². The van der Waals surface area contributed by atoms with Gasteiger partial charge in [-0.15, -0.1) is 5.10 Å². The molecule has 0 aliphatic carbocycles. The number of fused-ring (bicyclic) bond motifs is 1. The van der Waals surface area contributed by atoms with E-state index in [1.165, 1.54) is 28.5 Å². The zero-order valence-electron chi connectivity index (χ0n) is 25.3. The van der Waals surface area contributed by atoms with Crippen molar-refractivity contribution in [2.75, 3.05) is 39.1 Å². The van der Waals surface area contributed by atoms with Crippen molar-refractivity contribution in [3.8, 4) is 23.0 Å². The van der Waals surface area contributed by atoms with Crippen LogP contribution in [0, 0.1) is 13.8 Å². The minimum atomic E-state index is -0.647. The van der Waals surface area contributed by atoms with Gasteiger partial charge in [0.25, 0.3) is 5.91 Å². The number of nitrogens with one attached hydrogen (secondary N) is 2. The van der Waals surface area contributed by atoms with Gasteiger partial charge in [-0.2, -0.15) is 4.98 Å². The van der Waals surface area contributed by atoms with Crippen molar-refractivity contribution in [1.82, 2.24) is 14.8 Å². The Hall–Kier alpha value is -4.64. The quantitative estimate of drug-likeness (QED) is 0.207. The van der Waals surface area contributed by atoms with Gasteiger partial charge in [0, 0.05) is 17.1 Å². The van der Waals surface area contributed by atoms with Gasteiger partial charge in [0.05, 0.1) is 34.0 Å². The molecule has 224 valence electrons. The van der Waals surface area contributed by atoms with Crippen LogP contribution in [0.3, 0.4) is 0 Å². The molecule has 0 saturated carbocycles. The standard InChI is InChI=1S/C32H35N5O5S/c1-18-8-9-21(19(2)14-18)17-43-32-35-31-33-20(3)27(30(38)34-23-10-12-24(39-4)13-11-23)28(37(31)36-32)22-15-25(40-5)29(42-7)26(16-22)41-6/h8-16,28H,17H2,1-7H3,(H,34,38)(H,33,35,36)/t28-/m1/s1. The molecule has 1 aliphatic rings. The molecule has 1 amide bonds. The number of ether oxygens (including phenoxy) is 4. The summed E-state index contributed by atoms with van der Waals surface area (Å²) in [5, 5.41) is 11.8. The predicted octanol–water partition coefficient (Wildman–Crippen LogP) is 6.15. The Balaban J connectivity index is 1.56. The highest BCUT2D eigenvalue weighted by Gasteiger charge is 2.36. The van der Waals surface area contributed by atoms with E-state index in [0.29, 0.717) is 62.4 Å². The van der Waals surface area contributed by atoms with Crippen LogP contribution in [0.5, 0.6) is 23.0 Å². The second-order valence-electron chi connectivity index (χ2n) is 10.1. The number of anilines is 2. The average Bonchev–Trinajstić information content (AvgIpc) is 3.41. The summed E-state index contributed by atoms with van der Waals surface area (Å²) < 4.78 is 23.9. The molecule has 0 saturated heterocycles. The lowest BCUT2D eigenvalue weighted by atomic mass is 9.94. The molecule has 1 atom stereocenters. The zero-order chi connectivity index (χ0) is 30.7. The monoisotopic (exact) mass is 601 g/mol. The second kappa shape index (κ2) is 12.7. The molecule has 0 fully saturated rings. The van der Waals surface area contributed by atoms with Gasteiger partial charge < -0.3 is 29.6 Å². The van der Waals surface area contributed by atoms with E-state index in [4.69, 9.17) is 29.0 Å². The van der Waals surface area contributed by atoms with Gasteiger partial charge in [-0.05, 0) is 73.9 Å². The molecule has 3 aromatic carbocycles. The number of methoxy groups -OCH3 is 4. The van der Waals surface area contributed by atoms with Crippen LogP contribution in [0.4, 0.5) is 11.6 Å². The first-order valence-corrected chi connectivity index (χ1v) is 14.6. The molecule has 2 heterocycles. The number of allylic oxidation sites excluding steroid dienone is 1. The first kappa shape index (κ1) is 29.8. The van der Waals surface area contributed by atoms with Crippen molar-refractivity contribution in [1.29, 1.82) is 0 Å². The fraction of sp³-hybridized carbons (Fsp3) is 0.281. The number of rotatable bonds is 10. The third kappa shape index (κ3) is 6.12. The number of carbonyl (C=O) groups excluding carboxylic acids is 1. The van der Waals surface area contributed by atoms with Crippen molar-refractivity contribution < 1.29 is 23.7 Å². The van der Waals surface area contributed by atoms with Crippen LogP contribution in [-0.2, 0) is 10.5 Å². The summed E-state index contributed by atoms with van der Waals surface area (Å²) in [6.45, 7) is 6.05. The molecule has 1 aliphatic heterocycles. The van der Waals surface area contributed by atoms with E-state index in [0.717, 1.165) is 0 Å². The number of amides is 1. The minimum Gasteiger partial charge on any atom is -0.497 e. The first-order chi connectivity index (χ1) is 20.8. The average molecular weight is 602 g/mol. The van der Waals surface area contributed by atoms with E-state index < -0.39 is 6.04 Å². The van der Waals surface area contributed by atoms with E-state index in [1.807, 2.05) is 19.1 Å². The van der Waals surface area contributed by atoms with Crippen LogP contribution in [0.2, 0.25) is 0 Å². The third-order valence-corrected chi connectivity index (χ3v) is 8.17. The molecule has 0 bridgehead atoms. The summed E-state index contributed by atoms with van der Waals surface area (Å²) in [7, 11) is 6.27. The maximum absolute atomic E-state index is 13.9. The zero-order valence-corrected chi connectivity index (χ0v) is 26.1. The van der Waals surface area contributed by atoms with E-state index in [9.17, 15) is 4.79 Å². The predicted molar refractivity (Wildman–Crippen MR) is 168 cm³/mol. The SMILES string of the molecule is COc1ccc(NC(=O)C2=C(C)Nc3nc(SCc4ccc(C)cc4C)nn3[C@@H]2c2cc(OC)c(OC)c(OC)c2)cc1. The van der Waals surface area contributed by atoms with E-state index >= 15 is 0 Å². The molecule has 43 heavy (non-hydrogen) atoms. The van der Waals surface area contributed by atoms with Crippen molar-refractivity contribution >= 4 is 29.3 Å². The molecule has 2 N–H and O–H groups in total. The van der Waals surface area contributed by atoms with Crippen molar-refractivity contribution in [3.63, 3.8) is 0 Å². The Kier molecular flexibility index (Phi) is 8.81. The van der Waals surface area contributed by atoms with Crippen LogP contribution in [0.1, 0.15) is 35.2 Å². The van der Waals surface area contributed by atoms with Crippen molar-refractivity contribution in [3.05, 3.63) is 88.1 Å². The summed E-state index contributed by atoms with van der Waals surface area (Å²) in [6.07, 6.45) is 0. The summed E-state index contributed by atoms with van der Waals surface area (Å²) in [5.74, 6) is 3.03. The third-order valence-electron chi connectivity index (χ3n) is 7.28. The van der Waals surface area contributed by atoms with Gasteiger partial charge in [0.15, 0.2) is 11.5 Å². The highest BCUT2D eigenvalue weighted by Crippen LogP contribution is 2.44. The van der Waals surface area contributed by atoms with Gasteiger partial charge in [0.1, 0.15) is 11.8 Å². The van der Waals surface area contributed by atoms with Gasteiger partial charge in [-0.3, -0.25) is 4.79 Å². The summed E-state index contributed by atoms with van der Waals surface area (Å²) in [5.41, 5.74) is 6.12. The summed E-state index contributed by atoms with van der Waals surface area (Å²) in [6, 6.07) is 16.6. The highest BCUT2D eigenvalue weighted by molar-refractivity contribution is 7.98. The van der Waals surface area contributed by atoms with Crippen LogP contribution in [-0.4, -0.2) is 49.1 Å². The Morgan fingerprint density at radius 2 is 1.63 bits per heavy atom. The smallest absolute Gasteiger partial charge is 0.255 e. The number of aromatic nitrogens is 3.